The van der Waals surface area contributed by atoms with Gasteiger partial charge in [0.2, 0.25) is 17.7 Å². The number of anilines is 2. The van der Waals surface area contributed by atoms with E-state index >= 15 is 0 Å². The molecule has 2 heterocycles. The van der Waals surface area contributed by atoms with Gasteiger partial charge in [-0.25, -0.2) is 4.79 Å². The molecule has 13 nitrogen and oxygen atoms in total. The highest BCUT2D eigenvalue weighted by Crippen LogP contribution is 2.41. The molecule has 2 saturated heterocycles. The molecule has 2 aliphatic heterocycles. The number of aliphatic carboxylic acids is 1. The predicted octanol–water partition coefficient (Wildman–Crippen LogP) is 9.54. The molecule has 72 heavy (non-hydrogen) atoms. The number of halogens is 4. The lowest BCUT2D eigenvalue weighted by Gasteiger charge is -2.43. The van der Waals surface area contributed by atoms with Gasteiger partial charge in [0.1, 0.15) is 0 Å². The number of rotatable bonds is 11. The Labute approximate surface area is 440 Å². The van der Waals surface area contributed by atoms with E-state index in [1.54, 1.807) is 24.3 Å². The fraction of sp³-hybridized carbons (Fsp3) is 0.382. The number of carboxylic acid groups (broad SMARTS) is 1. The number of nitrogens with two attached hydrogens (primary N) is 1. The number of hydrogen-bond acceptors (Lipinski definition) is 9. The summed E-state index contributed by atoms with van der Waals surface area (Å²) in [5.74, 6) is -1.83. The van der Waals surface area contributed by atoms with E-state index in [-0.39, 0.29) is 54.3 Å². The first-order valence-electron chi connectivity index (χ1n) is 24.3. The SMILES string of the molecule is CN(C(=O)Cc1ccc(Cl)c(Cl)c1)C1c2cc(N)ccc2CCC1N1CCCC1.CN(C(=O)Cc1ccc(Cl)c(Cl)c1)C1c2cc(NC(=O)/C=C\C(=O)O)ccc2CCC1N1CCCC1.O=C1C=CC(=O)C1. The van der Waals surface area contributed by atoms with Crippen molar-refractivity contribution in [1.82, 2.24) is 19.6 Å². The maximum Gasteiger partial charge on any atom is 0.328 e. The number of hydrogen-bond donors (Lipinski definition) is 3. The van der Waals surface area contributed by atoms with E-state index in [9.17, 15) is 28.8 Å². The van der Waals surface area contributed by atoms with E-state index in [1.807, 2.05) is 60.3 Å². The lowest BCUT2D eigenvalue weighted by Crippen LogP contribution is -2.48. The Morgan fingerprint density at radius 3 is 1.53 bits per heavy atom. The van der Waals surface area contributed by atoms with Crippen molar-refractivity contribution in [2.24, 2.45) is 0 Å². The molecular weight excluding hydrogens is 998 g/mol. The van der Waals surface area contributed by atoms with Crippen LogP contribution in [0.5, 0.6) is 0 Å². The smallest absolute Gasteiger partial charge is 0.328 e. The second-order valence-electron chi connectivity index (χ2n) is 18.9. The maximum atomic E-state index is 13.5. The van der Waals surface area contributed by atoms with Gasteiger partial charge < -0.3 is 26.0 Å². The molecule has 3 amide bonds. The molecule has 2 fully saturated rings. The molecular formula is C55H60Cl4N6O7. The monoisotopic (exact) mass is 1060 g/mol. The van der Waals surface area contributed by atoms with E-state index in [4.69, 9.17) is 57.2 Å². The van der Waals surface area contributed by atoms with E-state index in [0.717, 1.165) is 105 Å². The third kappa shape index (κ3) is 13.9. The second kappa shape index (κ2) is 24.9. The first kappa shape index (κ1) is 54.2. The number of allylic oxidation sites excluding steroid dienone is 2. The van der Waals surface area contributed by atoms with Gasteiger partial charge in [-0.1, -0.05) is 70.7 Å². The first-order chi connectivity index (χ1) is 34.4. The number of fused-ring (bicyclic) bond motifs is 2. The molecule has 0 saturated carbocycles. The van der Waals surface area contributed by atoms with Crippen molar-refractivity contribution < 1.29 is 33.9 Å². The van der Waals surface area contributed by atoms with Crippen molar-refractivity contribution in [1.29, 1.82) is 0 Å². The van der Waals surface area contributed by atoms with Gasteiger partial charge in [-0.3, -0.25) is 33.8 Å². The fourth-order valence-corrected chi connectivity index (χ4v) is 11.1. The summed E-state index contributed by atoms with van der Waals surface area (Å²) in [4.78, 5) is 78.7. The topological polar surface area (TPSA) is 174 Å². The third-order valence-corrected chi connectivity index (χ3v) is 15.5. The molecule has 0 radical (unpaired) electrons. The number of benzene rings is 4. The van der Waals surface area contributed by atoms with Gasteiger partial charge in [-0.15, -0.1) is 0 Å². The van der Waals surface area contributed by atoms with Gasteiger partial charge in [-0.05, 0) is 172 Å². The van der Waals surface area contributed by atoms with Gasteiger partial charge >= 0.3 is 5.97 Å². The van der Waals surface area contributed by atoms with Gasteiger partial charge in [0.05, 0.1) is 51.4 Å². The largest absolute Gasteiger partial charge is 0.478 e. The molecule has 380 valence electrons. The summed E-state index contributed by atoms with van der Waals surface area (Å²) in [7, 11) is 3.76. The van der Waals surface area contributed by atoms with Crippen molar-refractivity contribution in [3.63, 3.8) is 0 Å². The van der Waals surface area contributed by atoms with Gasteiger partial charge in [-0.2, -0.15) is 0 Å². The summed E-state index contributed by atoms with van der Waals surface area (Å²) in [5, 5.41) is 13.4. The number of ketones is 2. The number of likely N-dealkylation sites (N-methyl/N-ethyl adjacent to an activating group) is 2. The highest BCUT2D eigenvalue weighted by molar-refractivity contribution is 6.42. The number of likely N-dealkylation sites (tertiary alicyclic amines) is 2. The molecule has 4 unspecified atom stereocenters. The van der Waals surface area contributed by atoms with Crippen LogP contribution in [0.15, 0.2) is 97.1 Å². The van der Waals surface area contributed by atoms with E-state index in [2.05, 4.69) is 27.2 Å². The van der Waals surface area contributed by atoms with E-state index in [0.29, 0.717) is 38.2 Å². The zero-order chi connectivity index (χ0) is 51.6. The number of carbonyl (C=O) groups is 6. The summed E-state index contributed by atoms with van der Waals surface area (Å²) in [6.07, 6.45) is 13.6. The van der Waals surface area contributed by atoms with Crippen LogP contribution in [0, 0.1) is 0 Å². The standard InChI is InChI=1S/C27H29Cl2N3O4.C23H27Cl2N3O.C5H4O2/c1-31(25(34)15-17-4-8-21(28)22(29)14-17)27-20-16-19(30-24(33)10-11-26(35)36)7-5-18(20)6-9-23(27)32-12-2-3-13-32;1-27(22(29)13-15-4-8-19(24)20(25)12-15)23-18-14-17(26)7-5-16(18)6-9-21(23)28-10-2-3-11-28;6-4-1-2-5(7)3-4/h4-5,7-8,10-11,14,16,23,27H,2-3,6,9,12-13,15H2,1H3,(H,30,33)(H,35,36);4-5,7-8,12,14,21,23H,2-3,6,9-11,13,26H2,1H3;1-2H,3H2/b11-10-;;. The van der Waals surface area contributed by atoms with Crippen LogP contribution in [-0.2, 0) is 54.5 Å². The molecule has 4 N–H and O–H groups in total. The van der Waals surface area contributed by atoms with Crippen LogP contribution in [0.1, 0.15) is 90.4 Å². The molecule has 0 aromatic heterocycles. The van der Waals surface area contributed by atoms with Crippen molar-refractivity contribution in [2.75, 3.05) is 51.3 Å². The molecule has 4 aromatic rings. The number of nitrogens with one attached hydrogen (secondary N) is 1. The summed E-state index contributed by atoms with van der Waals surface area (Å²) in [6.45, 7) is 4.21. The van der Waals surface area contributed by atoms with Crippen molar-refractivity contribution in [2.45, 2.75) is 94.8 Å². The molecule has 0 spiro atoms. The zero-order valence-electron chi connectivity index (χ0n) is 40.4. The average molecular weight is 1060 g/mol. The number of aryl methyl sites for hydroxylation is 2. The lowest BCUT2D eigenvalue weighted by molar-refractivity contribution is -0.133. The molecule has 4 atom stereocenters. The maximum absolute atomic E-state index is 13.5. The molecule has 4 aromatic carbocycles. The molecule has 9 rings (SSSR count). The predicted molar refractivity (Wildman–Crippen MR) is 284 cm³/mol. The van der Waals surface area contributed by atoms with Crippen LogP contribution in [0.3, 0.4) is 0 Å². The third-order valence-electron chi connectivity index (χ3n) is 14.1. The zero-order valence-corrected chi connectivity index (χ0v) is 43.5. The molecule has 5 aliphatic rings. The summed E-state index contributed by atoms with van der Waals surface area (Å²) >= 11 is 24.4. The van der Waals surface area contributed by atoms with Crippen LogP contribution in [0.25, 0.3) is 0 Å². The Hall–Kier alpha value is -5.54. The summed E-state index contributed by atoms with van der Waals surface area (Å²) in [5.41, 5.74) is 13.7. The van der Waals surface area contributed by atoms with Crippen LogP contribution >= 0.6 is 46.4 Å². The number of nitrogen functional groups attached to an aromatic ring is 1. The minimum Gasteiger partial charge on any atom is -0.478 e. The average Bonchev–Trinajstić information content (AvgIpc) is 4.17. The molecule has 17 heteroatoms. The second-order valence-corrected chi connectivity index (χ2v) is 20.6. The van der Waals surface area contributed by atoms with Gasteiger partial charge in [0.25, 0.3) is 0 Å². The number of carboxylic acids is 1. The number of carbonyl (C=O) groups excluding carboxylic acids is 5. The highest BCUT2D eigenvalue weighted by Gasteiger charge is 2.40. The van der Waals surface area contributed by atoms with Crippen LogP contribution in [-0.4, -0.2) is 112 Å². The summed E-state index contributed by atoms with van der Waals surface area (Å²) in [6, 6.07) is 22.8. The molecule has 3 aliphatic carbocycles. The Kier molecular flexibility index (Phi) is 18.8. The molecule has 0 bridgehead atoms. The van der Waals surface area contributed by atoms with Gasteiger partial charge in [0, 0.05) is 49.7 Å². The fourth-order valence-electron chi connectivity index (χ4n) is 10.5. The lowest BCUT2D eigenvalue weighted by atomic mass is 9.82. The number of nitrogens with zero attached hydrogens (tertiary/aromatic N) is 4. The van der Waals surface area contributed by atoms with E-state index in [1.165, 1.54) is 36.1 Å². The minimum atomic E-state index is -1.19. The first-order valence-corrected chi connectivity index (χ1v) is 25.8. The van der Waals surface area contributed by atoms with Gasteiger partial charge in [0.15, 0.2) is 11.6 Å². The van der Waals surface area contributed by atoms with E-state index < -0.39 is 11.9 Å². The van der Waals surface area contributed by atoms with Crippen LogP contribution < -0.4 is 11.1 Å². The van der Waals surface area contributed by atoms with Crippen LogP contribution in [0.4, 0.5) is 11.4 Å². The number of amides is 3. The Morgan fingerprint density at radius 2 is 1.10 bits per heavy atom. The normalized spacial score (nSPS) is 20.5. The van der Waals surface area contributed by atoms with Crippen molar-refractivity contribution in [3.05, 3.63) is 151 Å². The Bertz CT molecular complexity index is 2740. The van der Waals surface area contributed by atoms with Crippen LogP contribution in [0.2, 0.25) is 20.1 Å². The van der Waals surface area contributed by atoms with Crippen molar-refractivity contribution in [3.8, 4) is 0 Å². The quantitative estimate of drug-likeness (QED) is 0.0746. The minimum absolute atomic E-state index is 0.00984. The highest BCUT2D eigenvalue weighted by atomic mass is 35.5. The van der Waals surface area contributed by atoms with Crippen molar-refractivity contribution >= 4 is 93.0 Å². The summed E-state index contributed by atoms with van der Waals surface area (Å²) < 4.78 is 0. The Morgan fingerprint density at radius 1 is 0.639 bits per heavy atom. The Balaban J connectivity index is 0.000000189.